The second-order valence-corrected chi connectivity index (χ2v) is 6.53. The van der Waals surface area contributed by atoms with Crippen LogP contribution in [-0.2, 0) is 11.2 Å². The standard InChI is InChI=1S/C20H23FN2O3/c1-23(2)17(15-4-3-5-16(21)11-15)12-22-20(24)9-7-14-6-8-18-19(10-14)26-13-25-18/h3-6,8,10-11,17H,7,9,12-13H2,1-2H3,(H,22,24)/t17-/m0/s1. The van der Waals surface area contributed by atoms with Gasteiger partial charge < -0.3 is 19.7 Å². The van der Waals surface area contributed by atoms with Crippen molar-refractivity contribution >= 4 is 5.91 Å². The van der Waals surface area contributed by atoms with Crippen molar-refractivity contribution in [3.8, 4) is 11.5 Å². The van der Waals surface area contributed by atoms with Crippen LogP contribution in [-0.4, -0.2) is 38.2 Å². The Labute approximate surface area is 152 Å². The number of aryl methyl sites for hydroxylation is 1. The number of hydrogen-bond acceptors (Lipinski definition) is 4. The Balaban J connectivity index is 1.52. The molecule has 1 atom stereocenters. The molecule has 1 aliphatic heterocycles. The third-order valence-electron chi connectivity index (χ3n) is 4.43. The molecule has 2 aromatic carbocycles. The summed E-state index contributed by atoms with van der Waals surface area (Å²) in [5.41, 5.74) is 1.87. The molecule has 1 amide bonds. The predicted molar refractivity (Wildman–Crippen MR) is 96.7 cm³/mol. The van der Waals surface area contributed by atoms with Gasteiger partial charge in [-0.1, -0.05) is 18.2 Å². The van der Waals surface area contributed by atoms with Gasteiger partial charge in [-0.15, -0.1) is 0 Å². The average Bonchev–Trinajstić information content (AvgIpc) is 3.07. The molecular formula is C20H23FN2O3. The Morgan fingerprint density at radius 2 is 2.00 bits per heavy atom. The number of nitrogens with zero attached hydrogens (tertiary/aromatic N) is 1. The van der Waals surface area contributed by atoms with Gasteiger partial charge in [0, 0.05) is 13.0 Å². The molecule has 0 unspecified atom stereocenters. The van der Waals surface area contributed by atoms with Gasteiger partial charge in [0.05, 0.1) is 6.04 Å². The summed E-state index contributed by atoms with van der Waals surface area (Å²) in [5, 5.41) is 2.95. The van der Waals surface area contributed by atoms with Crippen molar-refractivity contribution in [1.29, 1.82) is 0 Å². The lowest BCUT2D eigenvalue weighted by molar-refractivity contribution is -0.121. The third-order valence-corrected chi connectivity index (χ3v) is 4.43. The molecule has 26 heavy (non-hydrogen) atoms. The Kier molecular flexibility index (Phi) is 5.73. The molecule has 0 saturated heterocycles. The van der Waals surface area contributed by atoms with E-state index in [-0.39, 0.29) is 24.6 Å². The van der Waals surface area contributed by atoms with E-state index in [1.165, 1.54) is 12.1 Å². The van der Waals surface area contributed by atoms with E-state index in [0.717, 1.165) is 22.6 Å². The zero-order valence-corrected chi connectivity index (χ0v) is 15.0. The van der Waals surface area contributed by atoms with Crippen molar-refractivity contribution in [3.05, 3.63) is 59.4 Å². The van der Waals surface area contributed by atoms with Gasteiger partial charge in [-0.2, -0.15) is 0 Å². The van der Waals surface area contributed by atoms with Crippen molar-refractivity contribution < 1.29 is 18.7 Å². The Bertz CT molecular complexity index is 779. The highest BCUT2D eigenvalue weighted by Gasteiger charge is 2.17. The highest BCUT2D eigenvalue weighted by molar-refractivity contribution is 5.76. The van der Waals surface area contributed by atoms with Gasteiger partial charge in [-0.25, -0.2) is 4.39 Å². The van der Waals surface area contributed by atoms with Gasteiger partial charge in [0.25, 0.3) is 0 Å². The van der Waals surface area contributed by atoms with Crippen LogP contribution in [0.25, 0.3) is 0 Å². The molecule has 6 heteroatoms. The van der Waals surface area contributed by atoms with E-state index >= 15 is 0 Å². The van der Waals surface area contributed by atoms with Crippen LogP contribution in [0.15, 0.2) is 42.5 Å². The molecule has 0 spiro atoms. The summed E-state index contributed by atoms with van der Waals surface area (Å²) >= 11 is 0. The maximum absolute atomic E-state index is 13.5. The van der Waals surface area contributed by atoms with Crippen LogP contribution < -0.4 is 14.8 Å². The second kappa shape index (κ2) is 8.19. The summed E-state index contributed by atoms with van der Waals surface area (Å²) in [5.74, 6) is 1.15. The largest absolute Gasteiger partial charge is 0.454 e. The summed E-state index contributed by atoms with van der Waals surface area (Å²) in [6.45, 7) is 0.668. The quantitative estimate of drug-likeness (QED) is 0.827. The molecule has 2 aromatic rings. The average molecular weight is 358 g/mol. The van der Waals surface area contributed by atoms with Crippen LogP contribution in [0, 0.1) is 5.82 Å². The molecule has 0 aromatic heterocycles. The molecule has 1 N–H and O–H groups in total. The topological polar surface area (TPSA) is 50.8 Å². The molecule has 3 rings (SSSR count). The van der Waals surface area contributed by atoms with E-state index in [0.29, 0.717) is 19.4 Å². The summed E-state index contributed by atoms with van der Waals surface area (Å²) in [7, 11) is 3.82. The maximum atomic E-state index is 13.5. The minimum Gasteiger partial charge on any atom is -0.454 e. The number of carbonyl (C=O) groups is 1. The number of benzene rings is 2. The van der Waals surface area contributed by atoms with Crippen molar-refractivity contribution in [3.63, 3.8) is 0 Å². The zero-order valence-electron chi connectivity index (χ0n) is 15.0. The predicted octanol–water partition coefficient (Wildman–Crippen LogP) is 2.91. The highest BCUT2D eigenvalue weighted by atomic mass is 19.1. The smallest absolute Gasteiger partial charge is 0.231 e. The number of nitrogens with one attached hydrogen (secondary N) is 1. The fraction of sp³-hybridized carbons (Fsp3) is 0.350. The lowest BCUT2D eigenvalue weighted by Crippen LogP contribution is -2.34. The molecule has 0 aliphatic carbocycles. The molecule has 0 bridgehead atoms. The Morgan fingerprint density at radius 3 is 2.77 bits per heavy atom. The van der Waals surface area contributed by atoms with Crippen LogP contribution in [0.5, 0.6) is 11.5 Å². The zero-order chi connectivity index (χ0) is 18.5. The number of ether oxygens (including phenoxy) is 2. The number of halogens is 1. The van der Waals surface area contributed by atoms with Gasteiger partial charge in [-0.3, -0.25) is 4.79 Å². The normalized spacial score (nSPS) is 13.7. The lowest BCUT2D eigenvalue weighted by Gasteiger charge is -2.25. The SMILES string of the molecule is CN(C)[C@@H](CNC(=O)CCc1ccc2c(c1)OCO2)c1cccc(F)c1. The minimum absolute atomic E-state index is 0.0362. The number of likely N-dealkylation sites (N-methyl/N-ethyl adjacent to an activating group) is 1. The molecule has 5 nitrogen and oxygen atoms in total. The molecule has 138 valence electrons. The van der Waals surface area contributed by atoms with Crippen LogP contribution in [0.2, 0.25) is 0 Å². The van der Waals surface area contributed by atoms with E-state index in [4.69, 9.17) is 9.47 Å². The molecule has 0 saturated carbocycles. The monoisotopic (exact) mass is 358 g/mol. The number of amides is 1. The van der Waals surface area contributed by atoms with E-state index < -0.39 is 0 Å². The van der Waals surface area contributed by atoms with Crippen molar-refractivity contribution in [1.82, 2.24) is 10.2 Å². The van der Waals surface area contributed by atoms with E-state index in [2.05, 4.69) is 5.32 Å². The summed E-state index contributed by atoms with van der Waals surface area (Å²) in [6, 6.07) is 12.1. The third kappa shape index (κ3) is 4.52. The number of carbonyl (C=O) groups excluding carboxylic acids is 1. The second-order valence-electron chi connectivity index (χ2n) is 6.53. The summed E-state index contributed by atoms with van der Waals surface area (Å²) in [6.07, 6.45) is 0.998. The number of hydrogen-bond donors (Lipinski definition) is 1. The molecule has 0 radical (unpaired) electrons. The van der Waals surface area contributed by atoms with Crippen LogP contribution in [0.4, 0.5) is 4.39 Å². The van der Waals surface area contributed by atoms with Crippen molar-refractivity contribution in [2.75, 3.05) is 27.4 Å². The first kappa shape index (κ1) is 18.2. The highest BCUT2D eigenvalue weighted by Crippen LogP contribution is 2.32. The fourth-order valence-electron chi connectivity index (χ4n) is 2.97. The van der Waals surface area contributed by atoms with Gasteiger partial charge in [0.1, 0.15) is 5.82 Å². The number of rotatable bonds is 7. The van der Waals surface area contributed by atoms with E-state index in [1.54, 1.807) is 6.07 Å². The molecule has 0 fully saturated rings. The first-order valence-corrected chi connectivity index (χ1v) is 8.60. The van der Waals surface area contributed by atoms with Gasteiger partial charge in [0.15, 0.2) is 11.5 Å². The van der Waals surface area contributed by atoms with Crippen LogP contribution >= 0.6 is 0 Å². The maximum Gasteiger partial charge on any atom is 0.231 e. The van der Waals surface area contributed by atoms with Crippen LogP contribution in [0.1, 0.15) is 23.6 Å². The summed E-state index contributed by atoms with van der Waals surface area (Å²) < 4.78 is 24.1. The van der Waals surface area contributed by atoms with E-state index in [1.807, 2.05) is 43.3 Å². The first-order valence-electron chi connectivity index (χ1n) is 8.60. The van der Waals surface area contributed by atoms with Crippen molar-refractivity contribution in [2.45, 2.75) is 18.9 Å². The molecular weight excluding hydrogens is 335 g/mol. The Morgan fingerprint density at radius 1 is 1.19 bits per heavy atom. The van der Waals surface area contributed by atoms with Gasteiger partial charge in [-0.05, 0) is 55.9 Å². The Hall–Kier alpha value is -2.60. The number of fused-ring (bicyclic) bond motifs is 1. The molecule has 1 heterocycles. The van der Waals surface area contributed by atoms with Crippen LogP contribution in [0.3, 0.4) is 0 Å². The van der Waals surface area contributed by atoms with E-state index in [9.17, 15) is 9.18 Å². The minimum atomic E-state index is -0.275. The summed E-state index contributed by atoms with van der Waals surface area (Å²) in [4.78, 5) is 14.2. The molecule has 1 aliphatic rings. The van der Waals surface area contributed by atoms with Gasteiger partial charge in [0.2, 0.25) is 12.7 Å². The van der Waals surface area contributed by atoms with Gasteiger partial charge >= 0.3 is 0 Å². The lowest BCUT2D eigenvalue weighted by atomic mass is 10.1. The van der Waals surface area contributed by atoms with Crippen molar-refractivity contribution in [2.24, 2.45) is 0 Å². The first-order chi connectivity index (χ1) is 12.5. The fourth-order valence-corrected chi connectivity index (χ4v) is 2.97.